The molecule has 3 nitrogen and oxygen atoms in total. The molecule has 0 heterocycles. The predicted octanol–water partition coefficient (Wildman–Crippen LogP) is 1.73. The Hall–Kier alpha value is -0.120. The molecule has 1 fully saturated rings. The van der Waals surface area contributed by atoms with Gasteiger partial charge in [-0.3, -0.25) is 4.84 Å². The number of hydrogen-bond acceptors (Lipinski definition) is 3. The first-order valence-electron chi connectivity index (χ1n) is 4.95. The van der Waals surface area contributed by atoms with Crippen LogP contribution < -0.4 is 5.48 Å². The van der Waals surface area contributed by atoms with Crippen LogP contribution in [0.3, 0.4) is 0 Å². The van der Waals surface area contributed by atoms with Gasteiger partial charge in [-0.15, -0.1) is 0 Å². The van der Waals surface area contributed by atoms with E-state index in [0.717, 1.165) is 12.5 Å². The highest BCUT2D eigenvalue weighted by Gasteiger charge is 2.32. The molecule has 78 valence electrons. The van der Waals surface area contributed by atoms with Gasteiger partial charge in [0.15, 0.2) is 0 Å². The van der Waals surface area contributed by atoms with Crippen molar-refractivity contribution in [2.75, 3.05) is 13.7 Å². The third-order valence-corrected chi connectivity index (χ3v) is 2.05. The third kappa shape index (κ3) is 4.60. The van der Waals surface area contributed by atoms with E-state index in [2.05, 4.69) is 5.48 Å². The smallest absolute Gasteiger partial charge is 0.0813 e. The monoisotopic (exact) mass is 187 g/mol. The average Bonchev–Trinajstić information content (AvgIpc) is 2.78. The largest absolute Gasteiger partial charge is 0.383 e. The molecule has 1 aliphatic rings. The first kappa shape index (κ1) is 11.0. The molecule has 13 heavy (non-hydrogen) atoms. The van der Waals surface area contributed by atoms with Gasteiger partial charge in [0, 0.05) is 7.11 Å². The van der Waals surface area contributed by atoms with E-state index < -0.39 is 0 Å². The average molecular weight is 187 g/mol. The molecule has 0 aliphatic heterocycles. The zero-order valence-electron chi connectivity index (χ0n) is 9.09. The quantitative estimate of drug-likeness (QED) is 0.665. The van der Waals surface area contributed by atoms with Crippen molar-refractivity contribution in [1.82, 2.24) is 5.48 Å². The summed E-state index contributed by atoms with van der Waals surface area (Å²) < 4.78 is 5.13. The second kappa shape index (κ2) is 4.40. The summed E-state index contributed by atoms with van der Waals surface area (Å²) in [7, 11) is 1.73. The van der Waals surface area contributed by atoms with Gasteiger partial charge in [-0.05, 0) is 39.5 Å². The Balaban J connectivity index is 2.22. The van der Waals surface area contributed by atoms with Crippen LogP contribution in [0.25, 0.3) is 0 Å². The molecule has 1 N–H and O–H groups in total. The van der Waals surface area contributed by atoms with Crippen molar-refractivity contribution < 1.29 is 9.57 Å². The second-order valence-electron chi connectivity index (χ2n) is 4.73. The summed E-state index contributed by atoms with van der Waals surface area (Å²) in [5.74, 6) is 0.752. The van der Waals surface area contributed by atoms with Crippen LogP contribution in [0.1, 0.15) is 33.6 Å². The molecular formula is C10H21NO2. The van der Waals surface area contributed by atoms with Gasteiger partial charge in [-0.2, -0.15) is 5.48 Å². The number of hydrogen-bond donors (Lipinski definition) is 1. The Kier molecular flexibility index (Phi) is 3.71. The minimum Gasteiger partial charge on any atom is -0.383 e. The Morgan fingerprint density at radius 1 is 1.38 bits per heavy atom. The molecule has 0 aromatic heterocycles. The van der Waals surface area contributed by atoms with Gasteiger partial charge in [-0.25, -0.2) is 0 Å². The van der Waals surface area contributed by atoms with Gasteiger partial charge >= 0.3 is 0 Å². The summed E-state index contributed by atoms with van der Waals surface area (Å²) >= 11 is 0. The molecule has 0 bridgehead atoms. The van der Waals surface area contributed by atoms with Gasteiger partial charge in [0.1, 0.15) is 0 Å². The van der Waals surface area contributed by atoms with Crippen LogP contribution in [-0.4, -0.2) is 25.4 Å². The maximum Gasteiger partial charge on any atom is 0.0813 e. The first-order valence-corrected chi connectivity index (χ1v) is 4.95. The van der Waals surface area contributed by atoms with E-state index >= 15 is 0 Å². The van der Waals surface area contributed by atoms with E-state index in [1.807, 2.05) is 20.8 Å². The lowest BCUT2D eigenvalue weighted by molar-refractivity contribution is -0.0997. The van der Waals surface area contributed by atoms with Crippen molar-refractivity contribution in [1.29, 1.82) is 0 Å². The summed E-state index contributed by atoms with van der Waals surface area (Å²) in [6.45, 7) is 6.85. The van der Waals surface area contributed by atoms with E-state index in [1.54, 1.807) is 7.11 Å². The van der Waals surface area contributed by atoms with E-state index in [1.165, 1.54) is 12.8 Å². The number of methoxy groups -OCH3 is 1. The van der Waals surface area contributed by atoms with E-state index in [4.69, 9.17) is 9.57 Å². The maximum atomic E-state index is 5.52. The van der Waals surface area contributed by atoms with Crippen LogP contribution in [0.2, 0.25) is 0 Å². The number of rotatable bonds is 5. The van der Waals surface area contributed by atoms with Gasteiger partial charge in [-0.1, -0.05) is 0 Å². The topological polar surface area (TPSA) is 30.5 Å². The van der Waals surface area contributed by atoms with E-state index in [-0.39, 0.29) is 5.60 Å². The Labute approximate surface area is 80.7 Å². The van der Waals surface area contributed by atoms with Crippen LogP contribution in [-0.2, 0) is 9.57 Å². The normalized spacial score (nSPS) is 20.3. The standard InChI is InChI=1S/C10H21NO2/c1-10(2,3)13-11-9(7-12-4)8-5-6-8/h8-9,11H,5-7H2,1-4H3. The van der Waals surface area contributed by atoms with Crippen molar-refractivity contribution in [3.8, 4) is 0 Å². The van der Waals surface area contributed by atoms with Crippen LogP contribution in [0.4, 0.5) is 0 Å². The molecule has 1 aliphatic carbocycles. The van der Waals surface area contributed by atoms with Crippen molar-refractivity contribution in [2.24, 2.45) is 5.92 Å². The van der Waals surface area contributed by atoms with Crippen LogP contribution in [0.15, 0.2) is 0 Å². The SMILES string of the molecule is COCC(NOC(C)(C)C)C1CC1. The fourth-order valence-electron chi connectivity index (χ4n) is 1.20. The van der Waals surface area contributed by atoms with Gasteiger partial charge < -0.3 is 4.74 Å². The lowest BCUT2D eigenvalue weighted by Gasteiger charge is -2.24. The van der Waals surface area contributed by atoms with Gasteiger partial charge in [0.25, 0.3) is 0 Å². The zero-order valence-corrected chi connectivity index (χ0v) is 9.09. The molecule has 1 saturated carbocycles. The minimum absolute atomic E-state index is 0.124. The first-order chi connectivity index (χ1) is 6.03. The van der Waals surface area contributed by atoms with Gasteiger partial charge in [0.05, 0.1) is 18.2 Å². The maximum absolute atomic E-state index is 5.52. The lowest BCUT2D eigenvalue weighted by atomic mass is 10.2. The predicted molar refractivity (Wildman–Crippen MR) is 52.4 cm³/mol. The molecular weight excluding hydrogens is 166 g/mol. The van der Waals surface area contributed by atoms with E-state index in [9.17, 15) is 0 Å². The van der Waals surface area contributed by atoms with Crippen LogP contribution >= 0.6 is 0 Å². The Morgan fingerprint density at radius 3 is 2.38 bits per heavy atom. The van der Waals surface area contributed by atoms with Crippen molar-refractivity contribution in [3.63, 3.8) is 0 Å². The Bertz CT molecular complexity index is 149. The minimum atomic E-state index is -0.124. The molecule has 0 spiro atoms. The summed E-state index contributed by atoms with van der Waals surface area (Å²) in [5.41, 5.74) is 2.97. The molecule has 0 saturated heterocycles. The van der Waals surface area contributed by atoms with Crippen molar-refractivity contribution >= 4 is 0 Å². The number of ether oxygens (including phenoxy) is 1. The highest BCUT2D eigenvalue weighted by atomic mass is 16.7. The fraction of sp³-hybridized carbons (Fsp3) is 1.00. The lowest BCUT2D eigenvalue weighted by Crippen LogP contribution is -2.40. The Morgan fingerprint density at radius 2 is 2.00 bits per heavy atom. The molecule has 0 radical (unpaired) electrons. The summed E-state index contributed by atoms with van der Waals surface area (Å²) in [5, 5.41) is 0. The van der Waals surface area contributed by atoms with E-state index in [0.29, 0.717) is 6.04 Å². The molecule has 1 rings (SSSR count). The van der Waals surface area contributed by atoms with Crippen molar-refractivity contribution in [3.05, 3.63) is 0 Å². The molecule has 1 atom stereocenters. The highest BCUT2D eigenvalue weighted by molar-refractivity contribution is 4.84. The summed E-state index contributed by atoms with van der Waals surface area (Å²) in [6, 6.07) is 0.365. The summed E-state index contributed by atoms with van der Waals surface area (Å²) in [6.07, 6.45) is 2.60. The third-order valence-electron chi connectivity index (χ3n) is 2.05. The van der Waals surface area contributed by atoms with Gasteiger partial charge in [0.2, 0.25) is 0 Å². The summed E-state index contributed by atoms with van der Waals surface area (Å²) in [4.78, 5) is 5.52. The second-order valence-corrected chi connectivity index (χ2v) is 4.73. The highest BCUT2D eigenvalue weighted by Crippen LogP contribution is 2.32. The molecule has 0 aromatic carbocycles. The van der Waals surface area contributed by atoms with Crippen molar-refractivity contribution in [2.45, 2.75) is 45.3 Å². The fourth-order valence-corrected chi connectivity index (χ4v) is 1.20. The number of hydroxylamine groups is 1. The molecule has 3 heteroatoms. The zero-order chi connectivity index (χ0) is 9.90. The molecule has 0 amide bonds. The molecule has 1 unspecified atom stereocenters. The molecule has 0 aromatic rings. The number of nitrogens with one attached hydrogen (secondary N) is 1. The van der Waals surface area contributed by atoms with Crippen LogP contribution in [0.5, 0.6) is 0 Å². The van der Waals surface area contributed by atoms with Crippen LogP contribution in [0, 0.1) is 5.92 Å².